The topological polar surface area (TPSA) is 20.2 Å². The molecule has 0 aliphatic heterocycles. The Kier molecular flexibility index (Phi) is 2.97. The summed E-state index contributed by atoms with van der Waals surface area (Å²) in [5, 5.41) is 9.88. The molecular formula is C12H18O. The first-order valence-electron chi connectivity index (χ1n) is 4.87. The smallest absolute Gasteiger partial charge is 0.122 e. The first kappa shape index (κ1) is 10.1. The van der Waals surface area contributed by atoms with Gasteiger partial charge in [-0.15, -0.1) is 0 Å². The molecule has 13 heavy (non-hydrogen) atoms. The van der Waals surface area contributed by atoms with E-state index in [1.165, 1.54) is 0 Å². The molecule has 0 amide bonds. The van der Waals surface area contributed by atoms with E-state index in [1.807, 2.05) is 19.9 Å². The van der Waals surface area contributed by atoms with Crippen molar-refractivity contribution in [2.75, 3.05) is 0 Å². The van der Waals surface area contributed by atoms with E-state index in [1.54, 1.807) is 0 Å². The van der Waals surface area contributed by atoms with Gasteiger partial charge in [-0.3, -0.25) is 0 Å². The van der Waals surface area contributed by atoms with Gasteiger partial charge in [0.1, 0.15) is 5.75 Å². The molecule has 1 atom stereocenters. The molecule has 1 nitrogen and oxygen atoms in total. The minimum absolute atomic E-state index is 0.444. The lowest BCUT2D eigenvalue weighted by Crippen LogP contribution is -1.94. The van der Waals surface area contributed by atoms with Crippen molar-refractivity contribution in [2.45, 2.75) is 40.0 Å². The highest BCUT2D eigenvalue weighted by atomic mass is 16.3. The Balaban J connectivity index is 3.18. The highest BCUT2D eigenvalue weighted by Crippen LogP contribution is 2.31. The second-order valence-electron chi connectivity index (χ2n) is 3.75. The lowest BCUT2D eigenvalue weighted by Gasteiger charge is -2.14. The van der Waals surface area contributed by atoms with Gasteiger partial charge in [-0.1, -0.05) is 26.0 Å². The fraction of sp³-hybridized carbons (Fsp3) is 0.500. The predicted molar refractivity (Wildman–Crippen MR) is 56.3 cm³/mol. The number of aromatic hydroxyl groups is 1. The third-order valence-corrected chi connectivity index (χ3v) is 2.88. The van der Waals surface area contributed by atoms with Gasteiger partial charge in [0.05, 0.1) is 0 Å². The van der Waals surface area contributed by atoms with E-state index in [-0.39, 0.29) is 0 Å². The summed E-state index contributed by atoms with van der Waals surface area (Å²) >= 11 is 0. The van der Waals surface area contributed by atoms with E-state index in [0.717, 1.165) is 23.1 Å². The summed E-state index contributed by atoms with van der Waals surface area (Å²) < 4.78 is 0. The number of hydrogen-bond donors (Lipinski definition) is 1. The molecule has 0 radical (unpaired) electrons. The molecule has 0 bridgehead atoms. The number of phenols is 1. The van der Waals surface area contributed by atoms with E-state index in [4.69, 9.17) is 0 Å². The fourth-order valence-corrected chi connectivity index (χ4v) is 1.44. The second kappa shape index (κ2) is 3.82. The highest BCUT2D eigenvalue weighted by molar-refractivity contribution is 5.45. The summed E-state index contributed by atoms with van der Waals surface area (Å²) in [5.74, 6) is 0.925. The van der Waals surface area contributed by atoms with Gasteiger partial charge in [0.2, 0.25) is 0 Å². The van der Waals surface area contributed by atoms with Crippen molar-refractivity contribution >= 4 is 0 Å². The van der Waals surface area contributed by atoms with Gasteiger partial charge in [0, 0.05) is 0 Å². The molecule has 0 saturated carbocycles. The van der Waals surface area contributed by atoms with Crippen LogP contribution in [0.15, 0.2) is 12.1 Å². The summed E-state index contributed by atoms with van der Waals surface area (Å²) in [5.41, 5.74) is 3.24. The van der Waals surface area contributed by atoms with E-state index in [9.17, 15) is 5.11 Å². The molecule has 1 heteroatoms. The van der Waals surface area contributed by atoms with Crippen LogP contribution in [0.1, 0.15) is 42.9 Å². The molecule has 0 aliphatic rings. The normalized spacial score (nSPS) is 12.9. The van der Waals surface area contributed by atoms with Crippen LogP contribution in [0.4, 0.5) is 0 Å². The molecule has 0 aliphatic carbocycles. The van der Waals surface area contributed by atoms with Crippen LogP contribution < -0.4 is 0 Å². The van der Waals surface area contributed by atoms with Crippen molar-refractivity contribution in [3.8, 4) is 5.75 Å². The van der Waals surface area contributed by atoms with E-state index >= 15 is 0 Å². The molecular weight excluding hydrogens is 160 g/mol. The van der Waals surface area contributed by atoms with E-state index < -0.39 is 0 Å². The van der Waals surface area contributed by atoms with Crippen LogP contribution >= 0.6 is 0 Å². The SMILES string of the molecule is CCC(C)c1ccc(C)c(C)c1O. The maximum atomic E-state index is 9.88. The Morgan fingerprint density at radius 2 is 1.92 bits per heavy atom. The summed E-state index contributed by atoms with van der Waals surface area (Å²) in [4.78, 5) is 0. The third kappa shape index (κ3) is 1.85. The van der Waals surface area contributed by atoms with Crippen molar-refractivity contribution in [1.82, 2.24) is 0 Å². The molecule has 1 aromatic rings. The van der Waals surface area contributed by atoms with Crippen molar-refractivity contribution in [3.63, 3.8) is 0 Å². The Hall–Kier alpha value is -0.980. The van der Waals surface area contributed by atoms with Gasteiger partial charge in [-0.2, -0.15) is 0 Å². The number of aryl methyl sites for hydroxylation is 1. The first-order chi connectivity index (χ1) is 6.07. The number of rotatable bonds is 2. The average Bonchev–Trinajstić information content (AvgIpc) is 2.13. The van der Waals surface area contributed by atoms with Gasteiger partial charge in [-0.25, -0.2) is 0 Å². The maximum absolute atomic E-state index is 9.88. The Labute approximate surface area is 80.4 Å². The minimum atomic E-state index is 0.444. The van der Waals surface area contributed by atoms with Gasteiger partial charge in [-0.05, 0) is 42.9 Å². The van der Waals surface area contributed by atoms with Crippen LogP contribution in [0.3, 0.4) is 0 Å². The first-order valence-corrected chi connectivity index (χ1v) is 4.87. The van der Waals surface area contributed by atoms with Crippen LogP contribution in [-0.4, -0.2) is 5.11 Å². The molecule has 72 valence electrons. The quantitative estimate of drug-likeness (QED) is 0.734. The largest absolute Gasteiger partial charge is 0.507 e. The van der Waals surface area contributed by atoms with E-state index in [0.29, 0.717) is 11.7 Å². The second-order valence-corrected chi connectivity index (χ2v) is 3.75. The minimum Gasteiger partial charge on any atom is -0.507 e. The Morgan fingerprint density at radius 3 is 2.46 bits per heavy atom. The molecule has 0 fully saturated rings. The number of benzene rings is 1. The Bertz CT molecular complexity index is 302. The van der Waals surface area contributed by atoms with Crippen molar-refractivity contribution in [3.05, 3.63) is 28.8 Å². The van der Waals surface area contributed by atoms with Crippen molar-refractivity contribution in [2.24, 2.45) is 0 Å². The average molecular weight is 178 g/mol. The molecule has 0 heterocycles. The molecule has 0 saturated heterocycles. The monoisotopic (exact) mass is 178 g/mol. The maximum Gasteiger partial charge on any atom is 0.122 e. The Morgan fingerprint density at radius 1 is 1.31 bits per heavy atom. The lowest BCUT2D eigenvalue weighted by atomic mass is 9.94. The lowest BCUT2D eigenvalue weighted by molar-refractivity contribution is 0.457. The van der Waals surface area contributed by atoms with Gasteiger partial charge in [0.15, 0.2) is 0 Å². The van der Waals surface area contributed by atoms with Gasteiger partial charge in [0.25, 0.3) is 0 Å². The van der Waals surface area contributed by atoms with Gasteiger partial charge < -0.3 is 5.11 Å². The van der Waals surface area contributed by atoms with Crippen LogP contribution in [0.5, 0.6) is 5.75 Å². The molecule has 1 unspecified atom stereocenters. The molecule has 0 spiro atoms. The van der Waals surface area contributed by atoms with Crippen LogP contribution in [0.2, 0.25) is 0 Å². The summed E-state index contributed by atoms with van der Waals surface area (Å²) in [6.07, 6.45) is 1.07. The van der Waals surface area contributed by atoms with Crippen LogP contribution in [0, 0.1) is 13.8 Å². The van der Waals surface area contributed by atoms with Crippen molar-refractivity contribution in [1.29, 1.82) is 0 Å². The number of hydrogen-bond acceptors (Lipinski definition) is 1. The van der Waals surface area contributed by atoms with Crippen LogP contribution in [-0.2, 0) is 0 Å². The third-order valence-electron chi connectivity index (χ3n) is 2.88. The summed E-state index contributed by atoms with van der Waals surface area (Å²) in [7, 11) is 0. The standard InChI is InChI=1S/C12H18O/c1-5-8(2)11-7-6-9(3)10(4)12(11)13/h6-8,13H,5H2,1-4H3. The molecule has 0 aromatic heterocycles. The highest BCUT2D eigenvalue weighted by Gasteiger charge is 2.11. The van der Waals surface area contributed by atoms with Crippen LogP contribution in [0.25, 0.3) is 0 Å². The van der Waals surface area contributed by atoms with E-state index in [2.05, 4.69) is 19.9 Å². The summed E-state index contributed by atoms with van der Waals surface area (Å²) in [6.45, 7) is 8.27. The van der Waals surface area contributed by atoms with Gasteiger partial charge >= 0.3 is 0 Å². The summed E-state index contributed by atoms with van der Waals surface area (Å²) in [6, 6.07) is 4.11. The zero-order chi connectivity index (χ0) is 10.0. The molecule has 1 N–H and O–H groups in total. The zero-order valence-electron chi connectivity index (χ0n) is 8.89. The predicted octanol–water partition coefficient (Wildman–Crippen LogP) is 3.52. The fourth-order valence-electron chi connectivity index (χ4n) is 1.44. The zero-order valence-corrected chi connectivity index (χ0v) is 8.89. The molecule has 1 aromatic carbocycles. The number of phenolic OH excluding ortho intramolecular Hbond substituents is 1. The molecule has 1 rings (SSSR count). The van der Waals surface area contributed by atoms with Crippen molar-refractivity contribution < 1.29 is 5.11 Å².